The highest BCUT2D eigenvalue weighted by molar-refractivity contribution is 5.16. The highest BCUT2D eigenvalue weighted by atomic mass is 16.3. The molecule has 0 aliphatic carbocycles. The van der Waals surface area contributed by atoms with Gasteiger partial charge in [-0.05, 0) is 5.56 Å². The second-order valence-electron chi connectivity index (χ2n) is 2.33. The Kier molecular flexibility index (Phi) is 2.65. The minimum atomic E-state index is -0.877. The Balaban J connectivity index is 2.60. The molecule has 11 heavy (non-hydrogen) atoms. The summed E-state index contributed by atoms with van der Waals surface area (Å²) in [5.74, 6) is 0. The fourth-order valence-corrected chi connectivity index (χ4v) is 0.883. The molecule has 2 heteroatoms. The Hall–Kier alpha value is -1.33. The molecule has 0 heterocycles. The minimum Gasteiger partial charge on any atom is -0.378 e. The highest BCUT2D eigenvalue weighted by Gasteiger charge is 2.00. The Labute approximate surface area is 65.7 Å². The number of nitrogens with zero attached hydrogens (tertiary/aromatic N) is 1. The molecule has 0 aliphatic rings. The maximum absolute atomic E-state index is 8.95. The molecule has 1 N–H and O–H groups in total. The average Bonchev–Trinajstić information content (AvgIpc) is 2.06. The Morgan fingerprint density at radius 2 is 2.00 bits per heavy atom. The summed E-state index contributed by atoms with van der Waals surface area (Å²) in [6.07, 6.45) is -0.463. The molecular weight excluding hydrogens is 138 g/mol. The topological polar surface area (TPSA) is 44.0 Å². The zero-order valence-electron chi connectivity index (χ0n) is 6.07. The minimum absolute atomic E-state index is 0.414. The maximum Gasteiger partial charge on any atom is 0.144 e. The van der Waals surface area contributed by atoms with Crippen molar-refractivity contribution in [1.29, 1.82) is 5.26 Å². The zero-order chi connectivity index (χ0) is 8.10. The van der Waals surface area contributed by atoms with Crippen LogP contribution in [0.4, 0.5) is 0 Å². The predicted molar refractivity (Wildman–Crippen MR) is 41.8 cm³/mol. The van der Waals surface area contributed by atoms with Crippen molar-refractivity contribution in [2.24, 2.45) is 0 Å². The molecule has 0 radical (unpaired) electrons. The van der Waals surface area contributed by atoms with E-state index in [-0.39, 0.29) is 0 Å². The van der Waals surface area contributed by atoms with Crippen molar-refractivity contribution in [2.45, 2.75) is 12.5 Å². The van der Waals surface area contributed by atoms with E-state index in [9.17, 15) is 0 Å². The van der Waals surface area contributed by atoms with Crippen molar-refractivity contribution in [2.75, 3.05) is 0 Å². The van der Waals surface area contributed by atoms with E-state index in [0.717, 1.165) is 5.56 Å². The number of aliphatic hydroxyl groups is 1. The summed E-state index contributed by atoms with van der Waals surface area (Å²) in [5.41, 5.74) is 0.988. The van der Waals surface area contributed by atoms with Gasteiger partial charge in [0.15, 0.2) is 0 Å². The number of rotatable bonds is 2. The van der Waals surface area contributed by atoms with Crippen LogP contribution in [0.25, 0.3) is 0 Å². The van der Waals surface area contributed by atoms with E-state index in [1.807, 2.05) is 30.3 Å². The van der Waals surface area contributed by atoms with Crippen molar-refractivity contribution in [3.8, 4) is 6.07 Å². The summed E-state index contributed by atoms with van der Waals surface area (Å²) in [6.45, 7) is 0. The standard InChI is InChI=1S/C9H9NO/c10-7-9(11)6-8-4-2-1-3-5-8/h1-5,9,11H,6H2. The van der Waals surface area contributed by atoms with Crippen LogP contribution in [0.5, 0.6) is 0 Å². The van der Waals surface area contributed by atoms with Crippen LogP contribution in [0.15, 0.2) is 30.3 Å². The van der Waals surface area contributed by atoms with Gasteiger partial charge in [-0.2, -0.15) is 5.26 Å². The van der Waals surface area contributed by atoms with Crippen LogP contribution in [0.1, 0.15) is 5.56 Å². The molecule has 0 saturated carbocycles. The molecule has 1 rings (SSSR count). The average molecular weight is 147 g/mol. The fraction of sp³-hybridized carbons (Fsp3) is 0.222. The van der Waals surface area contributed by atoms with Crippen molar-refractivity contribution in [1.82, 2.24) is 0 Å². The molecule has 0 amide bonds. The molecule has 0 spiro atoms. The van der Waals surface area contributed by atoms with Crippen LogP contribution in [0.3, 0.4) is 0 Å². The predicted octanol–water partition coefficient (Wildman–Crippen LogP) is 1.11. The van der Waals surface area contributed by atoms with Gasteiger partial charge in [0.05, 0.1) is 6.07 Å². The van der Waals surface area contributed by atoms with Crippen LogP contribution >= 0.6 is 0 Å². The summed E-state index contributed by atoms with van der Waals surface area (Å²) >= 11 is 0. The van der Waals surface area contributed by atoms with Gasteiger partial charge in [-0.1, -0.05) is 30.3 Å². The summed E-state index contributed by atoms with van der Waals surface area (Å²) in [6, 6.07) is 11.2. The molecule has 1 atom stereocenters. The van der Waals surface area contributed by atoms with Crippen LogP contribution in [0, 0.1) is 11.3 Å². The Morgan fingerprint density at radius 1 is 1.36 bits per heavy atom. The third-order valence-corrected chi connectivity index (χ3v) is 1.42. The van der Waals surface area contributed by atoms with E-state index in [1.54, 1.807) is 6.07 Å². The van der Waals surface area contributed by atoms with Crippen molar-refractivity contribution in [3.05, 3.63) is 35.9 Å². The molecule has 0 bridgehead atoms. The lowest BCUT2D eigenvalue weighted by Gasteiger charge is -1.99. The Bertz CT molecular complexity index is 250. The number of hydrogen-bond donors (Lipinski definition) is 1. The maximum atomic E-state index is 8.95. The lowest BCUT2D eigenvalue weighted by molar-refractivity contribution is 0.231. The first kappa shape index (κ1) is 7.77. The third-order valence-electron chi connectivity index (χ3n) is 1.42. The van der Waals surface area contributed by atoms with Gasteiger partial charge < -0.3 is 5.11 Å². The number of aliphatic hydroxyl groups excluding tert-OH is 1. The summed E-state index contributed by atoms with van der Waals surface area (Å²) in [4.78, 5) is 0. The first-order valence-corrected chi connectivity index (χ1v) is 3.44. The molecule has 0 fully saturated rings. The normalized spacial score (nSPS) is 12.0. The second-order valence-corrected chi connectivity index (χ2v) is 2.33. The van der Waals surface area contributed by atoms with Gasteiger partial charge in [-0.3, -0.25) is 0 Å². The zero-order valence-corrected chi connectivity index (χ0v) is 6.07. The lowest BCUT2D eigenvalue weighted by Crippen LogP contribution is -2.06. The van der Waals surface area contributed by atoms with Crippen molar-refractivity contribution >= 4 is 0 Å². The lowest BCUT2D eigenvalue weighted by atomic mass is 10.1. The van der Waals surface area contributed by atoms with Crippen LogP contribution < -0.4 is 0 Å². The SMILES string of the molecule is N#CC(O)Cc1ccccc1. The number of hydrogen-bond acceptors (Lipinski definition) is 2. The number of benzene rings is 1. The van der Waals surface area contributed by atoms with Gasteiger partial charge in [-0.15, -0.1) is 0 Å². The summed E-state index contributed by atoms with van der Waals surface area (Å²) in [7, 11) is 0. The number of nitriles is 1. The van der Waals surface area contributed by atoms with E-state index in [0.29, 0.717) is 6.42 Å². The Morgan fingerprint density at radius 3 is 2.55 bits per heavy atom. The molecule has 0 aliphatic heterocycles. The first-order chi connectivity index (χ1) is 5.33. The smallest absolute Gasteiger partial charge is 0.144 e. The first-order valence-electron chi connectivity index (χ1n) is 3.44. The van der Waals surface area contributed by atoms with Gasteiger partial charge in [0.1, 0.15) is 6.10 Å². The molecule has 1 unspecified atom stereocenters. The molecular formula is C9H9NO. The molecule has 1 aromatic carbocycles. The summed E-state index contributed by atoms with van der Waals surface area (Å²) < 4.78 is 0. The third kappa shape index (κ3) is 2.40. The van der Waals surface area contributed by atoms with E-state index in [1.165, 1.54) is 0 Å². The van der Waals surface area contributed by atoms with E-state index in [2.05, 4.69) is 0 Å². The van der Waals surface area contributed by atoms with Crippen molar-refractivity contribution in [3.63, 3.8) is 0 Å². The highest BCUT2D eigenvalue weighted by Crippen LogP contribution is 2.01. The van der Waals surface area contributed by atoms with Gasteiger partial charge in [0.25, 0.3) is 0 Å². The van der Waals surface area contributed by atoms with Crippen LogP contribution in [0.2, 0.25) is 0 Å². The molecule has 2 nitrogen and oxygen atoms in total. The summed E-state index contributed by atoms with van der Waals surface area (Å²) in [5, 5.41) is 17.2. The van der Waals surface area contributed by atoms with Crippen molar-refractivity contribution < 1.29 is 5.11 Å². The monoisotopic (exact) mass is 147 g/mol. The second kappa shape index (κ2) is 3.75. The molecule has 0 aromatic heterocycles. The quantitative estimate of drug-likeness (QED) is 0.637. The largest absolute Gasteiger partial charge is 0.378 e. The van der Waals surface area contributed by atoms with E-state index in [4.69, 9.17) is 10.4 Å². The van der Waals surface area contributed by atoms with E-state index >= 15 is 0 Å². The molecule has 1 aromatic rings. The molecule has 56 valence electrons. The molecule has 0 saturated heterocycles. The van der Waals surface area contributed by atoms with Crippen LogP contribution in [-0.4, -0.2) is 11.2 Å². The van der Waals surface area contributed by atoms with Gasteiger partial charge in [-0.25, -0.2) is 0 Å². The van der Waals surface area contributed by atoms with Gasteiger partial charge in [0.2, 0.25) is 0 Å². The van der Waals surface area contributed by atoms with E-state index < -0.39 is 6.10 Å². The van der Waals surface area contributed by atoms with Gasteiger partial charge >= 0.3 is 0 Å². The fourth-order valence-electron chi connectivity index (χ4n) is 0.883. The van der Waals surface area contributed by atoms with Gasteiger partial charge in [0, 0.05) is 6.42 Å². The van der Waals surface area contributed by atoms with Crippen LogP contribution in [-0.2, 0) is 6.42 Å².